The normalized spacial score (nSPS) is 11.7. The highest BCUT2D eigenvalue weighted by molar-refractivity contribution is 6.31. The third kappa shape index (κ3) is 5.27. The topological polar surface area (TPSA) is 86.9 Å². The Balaban J connectivity index is 1.65. The summed E-state index contributed by atoms with van der Waals surface area (Å²) < 4.78 is 21.6. The first kappa shape index (κ1) is 22.4. The molecule has 0 unspecified atom stereocenters. The summed E-state index contributed by atoms with van der Waals surface area (Å²) in [7, 11) is 4.77. The van der Waals surface area contributed by atoms with Crippen LogP contribution < -0.4 is 14.2 Å². The van der Waals surface area contributed by atoms with Gasteiger partial charge < -0.3 is 23.6 Å². The van der Waals surface area contributed by atoms with Crippen LogP contribution >= 0.6 is 11.6 Å². The Bertz CT molecular complexity index is 1070. The molecule has 0 N–H and O–H groups in total. The lowest BCUT2D eigenvalue weighted by Gasteiger charge is -2.21. The van der Waals surface area contributed by atoms with Crippen LogP contribution in [0.3, 0.4) is 0 Å². The number of ether oxygens (including phenoxy) is 3. The second-order valence-corrected chi connectivity index (χ2v) is 7.35. The predicted molar refractivity (Wildman–Crippen MR) is 116 cm³/mol. The van der Waals surface area contributed by atoms with Crippen LogP contribution in [0.25, 0.3) is 11.4 Å². The fourth-order valence-electron chi connectivity index (χ4n) is 2.95. The standard InChI is InChI=1S/C22H24ClN3O5/c1-13-10-16(7-8-17(13)23)30-14(2)22(27)26(3)12-20-24-21(25-31-20)15-6-9-18(28-4)19(11-15)29-5/h6-11,14H,12H2,1-5H3/t14-/m0/s1. The van der Waals surface area contributed by atoms with Crippen LogP contribution in [0.4, 0.5) is 0 Å². The van der Waals surface area contributed by atoms with E-state index in [4.69, 9.17) is 30.3 Å². The molecule has 0 aliphatic carbocycles. The molecule has 0 aliphatic heterocycles. The van der Waals surface area contributed by atoms with E-state index in [1.54, 1.807) is 64.6 Å². The van der Waals surface area contributed by atoms with E-state index in [9.17, 15) is 4.79 Å². The van der Waals surface area contributed by atoms with Gasteiger partial charge in [-0.1, -0.05) is 16.8 Å². The summed E-state index contributed by atoms with van der Waals surface area (Å²) in [6, 6.07) is 10.6. The van der Waals surface area contributed by atoms with E-state index in [-0.39, 0.29) is 12.5 Å². The first-order valence-electron chi connectivity index (χ1n) is 9.55. The smallest absolute Gasteiger partial charge is 0.263 e. The predicted octanol–water partition coefficient (Wildman–Crippen LogP) is 4.14. The van der Waals surface area contributed by atoms with E-state index in [0.29, 0.717) is 39.5 Å². The van der Waals surface area contributed by atoms with Gasteiger partial charge in [0.25, 0.3) is 5.91 Å². The molecule has 3 aromatic rings. The van der Waals surface area contributed by atoms with Gasteiger partial charge in [-0.15, -0.1) is 0 Å². The van der Waals surface area contributed by atoms with Gasteiger partial charge in [-0.25, -0.2) is 0 Å². The van der Waals surface area contributed by atoms with Gasteiger partial charge in [0, 0.05) is 17.6 Å². The number of hydrogen-bond donors (Lipinski definition) is 0. The van der Waals surface area contributed by atoms with Crippen molar-refractivity contribution in [1.82, 2.24) is 15.0 Å². The second kappa shape index (κ2) is 9.70. The van der Waals surface area contributed by atoms with Crippen molar-refractivity contribution in [3.63, 3.8) is 0 Å². The number of likely N-dealkylation sites (N-methyl/N-ethyl adjacent to an activating group) is 1. The molecule has 0 saturated heterocycles. The van der Waals surface area contributed by atoms with Gasteiger partial charge in [0.05, 0.1) is 20.8 Å². The molecule has 1 heterocycles. The van der Waals surface area contributed by atoms with Crippen molar-refractivity contribution >= 4 is 17.5 Å². The number of aromatic nitrogens is 2. The van der Waals surface area contributed by atoms with Gasteiger partial charge in [-0.3, -0.25) is 4.79 Å². The summed E-state index contributed by atoms with van der Waals surface area (Å²) in [6.45, 7) is 3.71. The first-order chi connectivity index (χ1) is 14.8. The number of nitrogens with zero attached hydrogens (tertiary/aromatic N) is 3. The van der Waals surface area contributed by atoms with E-state index < -0.39 is 6.10 Å². The molecular formula is C22H24ClN3O5. The number of benzene rings is 2. The molecule has 1 aromatic heterocycles. The maximum atomic E-state index is 12.7. The molecule has 9 heteroatoms. The van der Waals surface area contributed by atoms with Crippen LogP contribution in [0.1, 0.15) is 18.4 Å². The average molecular weight is 446 g/mol. The van der Waals surface area contributed by atoms with Crippen molar-refractivity contribution in [2.45, 2.75) is 26.5 Å². The number of halogens is 1. The van der Waals surface area contributed by atoms with Crippen molar-refractivity contribution in [3.8, 4) is 28.6 Å². The molecule has 2 aromatic carbocycles. The molecule has 0 aliphatic rings. The van der Waals surface area contributed by atoms with Crippen molar-refractivity contribution < 1.29 is 23.5 Å². The lowest BCUT2D eigenvalue weighted by molar-refractivity contribution is -0.137. The number of methoxy groups -OCH3 is 2. The van der Waals surface area contributed by atoms with Crippen molar-refractivity contribution in [2.75, 3.05) is 21.3 Å². The zero-order valence-corrected chi connectivity index (χ0v) is 18.8. The monoisotopic (exact) mass is 445 g/mol. The minimum atomic E-state index is -0.696. The minimum Gasteiger partial charge on any atom is -0.493 e. The van der Waals surface area contributed by atoms with Crippen molar-refractivity contribution in [1.29, 1.82) is 0 Å². The maximum absolute atomic E-state index is 12.7. The second-order valence-electron chi connectivity index (χ2n) is 6.95. The Morgan fingerprint density at radius 3 is 2.58 bits per heavy atom. The molecule has 0 saturated carbocycles. The lowest BCUT2D eigenvalue weighted by atomic mass is 10.2. The Morgan fingerprint density at radius 1 is 1.16 bits per heavy atom. The van der Waals surface area contributed by atoms with Gasteiger partial charge >= 0.3 is 0 Å². The van der Waals surface area contributed by atoms with Gasteiger partial charge in [0.2, 0.25) is 11.7 Å². The number of amides is 1. The molecule has 0 spiro atoms. The average Bonchev–Trinajstić information content (AvgIpc) is 3.23. The molecular weight excluding hydrogens is 422 g/mol. The van der Waals surface area contributed by atoms with Gasteiger partial charge in [0.15, 0.2) is 17.6 Å². The highest BCUT2D eigenvalue weighted by atomic mass is 35.5. The van der Waals surface area contributed by atoms with Gasteiger partial charge in [-0.2, -0.15) is 4.98 Å². The Hall–Kier alpha value is -3.26. The first-order valence-corrected chi connectivity index (χ1v) is 9.93. The molecule has 31 heavy (non-hydrogen) atoms. The highest BCUT2D eigenvalue weighted by Gasteiger charge is 2.22. The molecule has 0 fully saturated rings. The lowest BCUT2D eigenvalue weighted by Crippen LogP contribution is -2.37. The van der Waals surface area contributed by atoms with Crippen LogP contribution in [0.5, 0.6) is 17.2 Å². The number of hydrogen-bond acceptors (Lipinski definition) is 7. The van der Waals surface area contributed by atoms with E-state index in [1.807, 2.05) is 6.92 Å². The molecule has 1 atom stereocenters. The summed E-state index contributed by atoms with van der Waals surface area (Å²) in [4.78, 5) is 18.5. The molecule has 0 radical (unpaired) electrons. The zero-order valence-electron chi connectivity index (χ0n) is 18.0. The summed E-state index contributed by atoms with van der Waals surface area (Å²) >= 11 is 6.03. The fraction of sp³-hybridized carbons (Fsp3) is 0.318. The number of aryl methyl sites for hydroxylation is 1. The molecule has 3 rings (SSSR count). The van der Waals surface area contributed by atoms with Crippen molar-refractivity contribution in [2.24, 2.45) is 0 Å². The SMILES string of the molecule is COc1ccc(-c2noc(CN(C)C(=O)[C@H](C)Oc3ccc(Cl)c(C)c3)n2)cc1OC. The molecule has 8 nitrogen and oxygen atoms in total. The van der Waals surface area contributed by atoms with Crippen LogP contribution in [-0.4, -0.2) is 48.3 Å². The number of rotatable bonds is 8. The fourth-order valence-corrected chi connectivity index (χ4v) is 3.07. The van der Waals surface area contributed by atoms with Crippen LogP contribution in [0.2, 0.25) is 5.02 Å². The number of carbonyl (C=O) groups is 1. The largest absolute Gasteiger partial charge is 0.493 e. The van der Waals surface area contributed by atoms with Crippen LogP contribution in [0, 0.1) is 6.92 Å². The van der Waals surface area contributed by atoms with Crippen LogP contribution in [-0.2, 0) is 11.3 Å². The number of carbonyl (C=O) groups excluding carboxylic acids is 1. The van der Waals surface area contributed by atoms with E-state index in [1.165, 1.54) is 4.90 Å². The summed E-state index contributed by atoms with van der Waals surface area (Å²) in [5.74, 6) is 2.20. The van der Waals surface area contributed by atoms with Crippen LogP contribution in [0.15, 0.2) is 40.9 Å². The van der Waals surface area contributed by atoms with E-state index >= 15 is 0 Å². The van der Waals surface area contributed by atoms with E-state index in [2.05, 4.69) is 10.1 Å². The Labute approximate surface area is 185 Å². The molecule has 1 amide bonds. The van der Waals surface area contributed by atoms with Gasteiger partial charge in [0.1, 0.15) is 5.75 Å². The third-order valence-electron chi connectivity index (χ3n) is 4.65. The van der Waals surface area contributed by atoms with E-state index in [0.717, 1.165) is 5.56 Å². The molecule has 164 valence electrons. The quantitative estimate of drug-likeness (QED) is 0.514. The van der Waals surface area contributed by atoms with Crippen molar-refractivity contribution in [3.05, 3.63) is 52.9 Å². The zero-order chi connectivity index (χ0) is 22.5. The minimum absolute atomic E-state index is 0.145. The van der Waals surface area contributed by atoms with Gasteiger partial charge in [-0.05, 0) is 55.8 Å². The summed E-state index contributed by atoms with van der Waals surface area (Å²) in [6.07, 6.45) is -0.696. The third-order valence-corrected chi connectivity index (χ3v) is 5.07. The summed E-state index contributed by atoms with van der Waals surface area (Å²) in [5, 5.41) is 4.64. The summed E-state index contributed by atoms with van der Waals surface area (Å²) in [5.41, 5.74) is 1.58. The maximum Gasteiger partial charge on any atom is 0.263 e. The Kier molecular flexibility index (Phi) is 7.02. The molecule has 0 bridgehead atoms. The Morgan fingerprint density at radius 2 is 1.90 bits per heavy atom. The highest BCUT2D eigenvalue weighted by Crippen LogP contribution is 2.31.